The second-order valence-electron chi connectivity index (χ2n) is 4.38. The van der Waals surface area contributed by atoms with E-state index in [1.807, 2.05) is 0 Å². The molecule has 0 radical (unpaired) electrons. The van der Waals surface area contributed by atoms with Crippen molar-refractivity contribution in [2.24, 2.45) is 0 Å². The maximum atomic E-state index is 13.4. The maximum Gasteiger partial charge on any atom is 0.353 e. The van der Waals surface area contributed by atoms with Gasteiger partial charge in [-0.3, -0.25) is 14.4 Å². The lowest BCUT2D eigenvalue weighted by atomic mass is 10.0. The fourth-order valence-corrected chi connectivity index (χ4v) is 1.69. The Bertz CT molecular complexity index is 621. The minimum atomic E-state index is -4.45. The number of rotatable bonds is 5. The highest BCUT2D eigenvalue weighted by Crippen LogP contribution is 2.32. The maximum absolute atomic E-state index is 13.4. The Balaban J connectivity index is 3.31. The number of halogens is 4. The number of ketones is 1. The average molecular weight is 337 g/mol. The molecule has 1 rings (SSSR count). The Morgan fingerprint density at radius 3 is 2.14 bits per heavy atom. The summed E-state index contributed by atoms with van der Waals surface area (Å²) in [6, 6.07) is 3.21. The molecule has 2 N–H and O–H groups in total. The Labute approximate surface area is 128 Å². The number of amides is 2. The van der Waals surface area contributed by atoms with Gasteiger partial charge in [0.2, 0.25) is 23.2 Å². The first-order valence-electron chi connectivity index (χ1n) is 5.95. The van der Waals surface area contributed by atoms with E-state index in [9.17, 15) is 27.6 Å². The zero-order valence-electron chi connectivity index (χ0n) is 11.5. The third kappa shape index (κ3) is 4.20. The quantitative estimate of drug-likeness (QED) is 0.641. The van der Waals surface area contributed by atoms with Gasteiger partial charge in [-0.05, 0) is 18.2 Å². The zero-order chi connectivity index (χ0) is 17.1. The van der Waals surface area contributed by atoms with E-state index in [4.69, 9.17) is 11.6 Å². The van der Waals surface area contributed by atoms with Crippen molar-refractivity contribution in [3.63, 3.8) is 0 Å². The minimum Gasteiger partial charge on any atom is -0.326 e. The van der Waals surface area contributed by atoms with Crippen molar-refractivity contribution in [1.82, 2.24) is 0 Å². The second kappa shape index (κ2) is 6.78. The van der Waals surface area contributed by atoms with Crippen LogP contribution in [0.1, 0.15) is 24.2 Å². The number of nitrogens with one attached hydrogen (secondary N) is 2. The summed E-state index contributed by atoms with van der Waals surface area (Å²) in [6.07, 6.45) is 0. The molecular formula is C13H12ClF3N2O3. The van der Waals surface area contributed by atoms with Crippen molar-refractivity contribution >= 4 is 40.6 Å². The lowest BCUT2D eigenvalue weighted by molar-refractivity contribution is -0.115. The third-order valence-corrected chi connectivity index (χ3v) is 2.75. The van der Waals surface area contributed by atoms with Gasteiger partial charge in [-0.1, -0.05) is 11.6 Å². The first-order valence-corrected chi connectivity index (χ1v) is 6.39. The van der Waals surface area contributed by atoms with Crippen molar-refractivity contribution in [1.29, 1.82) is 0 Å². The predicted molar refractivity (Wildman–Crippen MR) is 75.1 cm³/mol. The molecular weight excluding hydrogens is 325 g/mol. The molecule has 1 aromatic carbocycles. The SMILES string of the molecule is CC(=O)Nc1ccc(C(=O)C(F)(F)[C@@H](F)Cl)c(NC(C)=O)c1. The summed E-state index contributed by atoms with van der Waals surface area (Å²) in [5.74, 6) is -7.42. The lowest BCUT2D eigenvalue weighted by Crippen LogP contribution is -2.36. The standard InChI is InChI=1S/C13H12ClF3N2O3/c1-6(20)18-8-3-4-9(10(5-8)19-7(2)21)11(22)13(16,17)12(14)15/h3-5,12H,1-2H3,(H,18,20)(H,19,21)/t12-/m1/s1. The summed E-state index contributed by atoms with van der Waals surface area (Å²) in [7, 11) is 0. The molecule has 1 atom stereocenters. The molecule has 0 bridgehead atoms. The molecule has 0 unspecified atom stereocenters. The van der Waals surface area contributed by atoms with E-state index >= 15 is 0 Å². The number of Topliss-reactive ketones (excluding diaryl/α,β-unsaturated/α-hetero) is 1. The molecule has 0 aliphatic carbocycles. The van der Waals surface area contributed by atoms with Crippen LogP contribution in [0.3, 0.4) is 0 Å². The Morgan fingerprint density at radius 2 is 1.68 bits per heavy atom. The molecule has 2 amide bonds. The summed E-state index contributed by atoms with van der Waals surface area (Å²) in [6.45, 7) is 2.31. The van der Waals surface area contributed by atoms with Crippen LogP contribution >= 0.6 is 11.6 Å². The van der Waals surface area contributed by atoms with Crippen molar-refractivity contribution in [3.8, 4) is 0 Å². The summed E-state index contributed by atoms with van der Waals surface area (Å²) >= 11 is 4.69. The largest absolute Gasteiger partial charge is 0.353 e. The lowest BCUT2D eigenvalue weighted by Gasteiger charge is -2.18. The highest BCUT2D eigenvalue weighted by Gasteiger charge is 2.48. The molecule has 0 saturated carbocycles. The van der Waals surface area contributed by atoms with E-state index in [0.29, 0.717) is 0 Å². The smallest absolute Gasteiger partial charge is 0.326 e. The van der Waals surface area contributed by atoms with Gasteiger partial charge in [0.15, 0.2) is 0 Å². The van der Waals surface area contributed by atoms with Gasteiger partial charge in [0.1, 0.15) is 0 Å². The van der Waals surface area contributed by atoms with Crippen LogP contribution in [0.2, 0.25) is 0 Å². The first kappa shape index (κ1) is 18.0. The fraction of sp³-hybridized carbons (Fsp3) is 0.308. The number of benzene rings is 1. The number of alkyl halides is 4. The van der Waals surface area contributed by atoms with Gasteiger partial charge in [-0.15, -0.1) is 0 Å². The van der Waals surface area contributed by atoms with Crippen LogP contribution in [-0.4, -0.2) is 29.2 Å². The molecule has 0 heterocycles. The predicted octanol–water partition coefficient (Wildman–Crippen LogP) is 2.96. The van der Waals surface area contributed by atoms with Crippen molar-refractivity contribution < 1.29 is 27.6 Å². The topological polar surface area (TPSA) is 75.3 Å². The highest BCUT2D eigenvalue weighted by atomic mass is 35.5. The van der Waals surface area contributed by atoms with Crippen LogP contribution in [0.5, 0.6) is 0 Å². The van der Waals surface area contributed by atoms with Gasteiger partial charge >= 0.3 is 5.92 Å². The second-order valence-corrected chi connectivity index (χ2v) is 4.76. The van der Waals surface area contributed by atoms with E-state index in [2.05, 4.69) is 10.6 Å². The average Bonchev–Trinajstić information content (AvgIpc) is 2.36. The van der Waals surface area contributed by atoms with Crippen LogP contribution in [0.15, 0.2) is 18.2 Å². The molecule has 0 saturated heterocycles. The normalized spacial score (nSPS) is 12.5. The van der Waals surface area contributed by atoms with E-state index < -0.39 is 34.7 Å². The molecule has 0 aliphatic heterocycles. The van der Waals surface area contributed by atoms with Crippen LogP contribution in [0.25, 0.3) is 0 Å². The molecule has 0 aromatic heterocycles. The summed E-state index contributed by atoms with van der Waals surface area (Å²) < 4.78 is 39.5. The van der Waals surface area contributed by atoms with E-state index in [1.165, 1.54) is 6.92 Å². The van der Waals surface area contributed by atoms with Gasteiger partial charge in [0.05, 0.1) is 5.69 Å². The first-order chi connectivity index (χ1) is 10.1. The van der Waals surface area contributed by atoms with Gasteiger partial charge in [-0.25, -0.2) is 4.39 Å². The molecule has 1 aromatic rings. The molecule has 9 heteroatoms. The van der Waals surface area contributed by atoms with Crippen molar-refractivity contribution in [2.45, 2.75) is 25.4 Å². The van der Waals surface area contributed by atoms with E-state index in [0.717, 1.165) is 25.1 Å². The fourth-order valence-electron chi connectivity index (χ4n) is 1.59. The number of carbonyl (C=O) groups excluding carboxylic acids is 3. The monoisotopic (exact) mass is 336 g/mol. The van der Waals surface area contributed by atoms with Crippen molar-refractivity contribution in [3.05, 3.63) is 23.8 Å². The van der Waals surface area contributed by atoms with Gasteiger partial charge in [-0.2, -0.15) is 8.78 Å². The Kier molecular flexibility index (Phi) is 5.54. The number of hydrogen-bond acceptors (Lipinski definition) is 3. The Hall–Kier alpha value is -2.09. The molecule has 0 spiro atoms. The van der Waals surface area contributed by atoms with Crippen molar-refractivity contribution in [2.75, 3.05) is 10.6 Å². The van der Waals surface area contributed by atoms with Crippen LogP contribution < -0.4 is 10.6 Å². The van der Waals surface area contributed by atoms with Gasteiger partial charge in [0, 0.05) is 25.1 Å². The third-order valence-electron chi connectivity index (χ3n) is 2.47. The van der Waals surface area contributed by atoms with Gasteiger partial charge < -0.3 is 10.6 Å². The molecule has 0 aliphatic rings. The van der Waals surface area contributed by atoms with E-state index in [-0.39, 0.29) is 11.4 Å². The van der Waals surface area contributed by atoms with Gasteiger partial charge in [0.25, 0.3) is 0 Å². The molecule has 5 nitrogen and oxygen atoms in total. The summed E-state index contributed by atoms with van der Waals surface area (Å²) in [4.78, 5) is 33.8. The molecule has 120 valence electrons. The number of hydrogen-bond donors (Lipinski definition) is 2. The Morgan fingerprint density at radius 1 is 1.14 bits per heavy atom. The zero-order valence-corrected chi connectivity index (χ0v) is 12.3. The van der Waals surface area contributed by atoms with Crippen LogP contribution in [0, 0.1) is 0 Å². The number of anilines is 2. The highest BCUT2D eigenvalue weighted by molar-refractivity contribution is 6.23. The van der Waals surface area contributed by atoms with E-state index in [1.54, 1.807) is 0 Å². The minimum absolute atomic E-state index is 0.166. The molecule has 22 heavy (non-hydrogen) atoms. The number of carbonyl (C=O) groups is 3. The summed E-state index contributed by atoms with van der Waals surface area (Å²) in [5.41, 5.74) is -3.96. The van der Waals surface area contributed by atoms with Crippen LogP contribution in [-0.2, 0) is 9.59 Å². The van der Waals surface area contributed by atoms with Crippen LogP contribution in [0.4, 0.5) is 24.5 Å². The molecule has 0 fully saturated rings. The summed E-state index contributed by atoms with van der Waals surface area (Å²) in [5, 5.41) is 4.53.